The number of halogens is 1. The van der Waals surface area contributed by atoms with Gasteiger partial charge in [0.15, 0.2) is 6.61 Å². The highest BCUT2D eigenvalue weighted by atomic mass is 35.5. The molecular weight excluding hydrogens is 618 g/mol. The average Bonchev–Trinajstić information content (AvgIpc) is 3.05. The maximum absolute atomic E-state index is 13.9. The first-order valence-electron chi connectivity index (χ1n) is 14.9. The van der Waals surface area contributed by atoms with Crippen molar-refractivity contribution in [3.63, 3.8) is 0 Å². The molecule has 1 heterocycles. The summed E-state index contributed by atoms with van der Waals surface area (Å²) in [6, 6.07) is 21.2. The fourth-order valence-corrected chi connectivity index (χ4v) is 6.32. The van der Waals surface area contributed by atoms with Gasteiger partial charge >= 0.3 is 0 Å². The number of amides is 2. The molecule has 4 rings (SSSR count). The molecule has 3 aromatic carbocycles. The predicted octanol–water partition coefficient (Wildman–Crippen LogP) is 4.44. The summed E-state index contributed by atoms with van der Waals surface area (Å²) in [5, 5.41) is 3.52. The number of nitrogens with zero attached hydrogens (tertiary/aromatic N) is 2. The second-order valence-corrected chi connectivity index (χ2v) is 13.2. The maximum Gasteiger partial charge on any atom is 0.261 e. The van der Waals surface area contributed by atoms with Gasteiger partial charge in [0.05, 0.1) is 24.2 Å². The lowest BCUT2D eigenvalue weighted by molar-refractivity contribution is -0.143. The molecule has 45 heavy (non-hydrogen) atoms. The Morgan fingerprint density at radius 3 is 2.29 bits per heavy atom. The topological polar surface area (TPSA) is 114 Å². The van der Waals surface area contributed by atoms with E-state index in [1.54, 1.807) is 24.3 Å². The van der Waals surface area contributed by atoms with Crippen molar-refractivity contribution in [2.45, 2.75) is 43.9 Å². The summed E-state index contributed by atoms with van der Waals surface area (Å²) in [6.45, 7) is 5.83. The summed E-state index contributed by atoms with van der Waals surface area (Å²) >= 11 is 6.10. The number of hydrogen-bond acceptors (Lipinski definition) is 7. The molecule has 0 unspecified atom stereocenters. The fraction of sp³-hybridized carbons (Fsp3) is 0.394. The van der Waals surface area contributed by atoms with Gasteiger partial charge < -0.3 is 24.4 Å². The molecule has 1 atom stereocenters. The maximum atomic E-state index is 13.9. The van der Waals surface area contributed by atoms with Crippen molar-refractivity contribution in [3.05, 3.63) is 95.0 Å². The molecule has 0 radical (unpaired) electrons. The average molecular weight is 658 g/mol. The van der Waals surface area contributed by atoms with Crippen LogP contribution in [0.4, 0.5) is 0 Å². The fourth-order valence-electron chi connectivity index (χ4n) is 4.79. The minimum Gasteiger partial charge on any atom is -0.484 e. The van der Waals surface area contributed by atoms with E-state index in [4.69, 9.17) is 25.8 Å². The first-order chi connectivity index (χ1) is 21.6. The van der Waals surface area contributed by atoms with Crippen LogP contribution in [-0.2, 0) is 35.6 Å². The summed E-state index contributed by atoms with van der Waals surface area (Å²) in [5.74, 6) is -0.436. The van der Waals surface area contributed by atoms with Crippen LogP contribution in [0.5, 0.6) is 5.75 Å². The van der Waals surface area contributed by atoms with E-state index in [0.717, 1.165) is 5.56 Å². The third-order valence-electron chi connectivity index (χ3n) is 7.13. The van der Waals surface area contributed by atoms with Crippen LogP contribution in [0.1, 0.15) is 37.4 Å². The van der Waals surface area contributed by atoms with Crippen molar-refractivity contribution in [2.24, 2.45) is 0 Å². The molecule has 12 heteroatoms. The number of carbonyl (C=O) groups is 2. The molecule has 0 aliphatic carbocycles. The van der Waals surface area contributed by atoms with Gasteiger partial charge in [-0.1, -0.05) is 54.1 Å². The molecule has 1 N–H and O–H groups in total. The Kier molecular flexibility index (Phi) is 12.8. The number of nitrogens with one attached hydrogen (secondary N) is 1. The molecule has 2 amide bonds. The third kappa shape index (κ3) is 10.0. The van der Waals surface area contributed by atoms with Crippen LogP contribution in [0, 0.1) is 0 Å². The Balaban J connectivity index is 1.52. The van der Waals surface area contributed by atoms with Crippen molar-refractivity contribution < 1.29 is 32.2 Å². The smallest absolute Gasteiger partial charge is 0.261 e. The first-order valence-corrected chi connectivity index (χ1v) is 16.8. The lowest BCUT2D eigenvalue weighted by atomic mass is 10.0. The van der Waals surface area contributed by atoms with Crippen molar-refractivity contribution in [1.82, 2.24) is 14.5 Å². The van der Waals surface area contributed by atoms with E-state index in [0.29, 0.717) is 62.2 Å². The zero-order chi connectivity index (χ0) is 32.2. The monoisotopic (exact) mass is 657 g/mol. The number of benzene rings is 3. The van der Waals surface area contributed by atoms with Crippen molar-refractivity contribution in [3.8, 4) is 5.75 Å². The van der Waals surface area contributed by atoms with Crippen LogP contribution >= 0.6 is 11.6 Å². The van der Waals surface area contributed by atoms with Crippen molar-refractivity contribution in [2.75, 3.05) is 46.1 Å². The normalized spacial score (nSPS) is 14.6. The van der Waals surface area contributed by atoms with Gasteiger partial charge in [-0.25, -0.2) is 8.42 Å². The van der Waals surface area contributed by atoms with Crippen LogP contribution in [0.3, 0.4) is 0 Å². The summed E-state index contributed by atoms with van der Waals surface area (Å²) in [5.41, 5.74) is 1.43. The van der Waals surface area contributed by atoms with E-state index in [9.17, 15) is 18.0 Å². The molecule has 242 valence electrons. The molecule has 0 spiro atoms. The molecule has 1 aliphatic heterocycles. The molecule has 10 nitrogen and oxygen atoms in total. The Morgan fingerprint density at radius 1 is 0.978 bits per heavy atom. The lowest BCUT2D eigenvalue weighted by Crippen LogP contribution is -2.45. The van der Waals surface area contributed by atoms with Gasteiger partial charge in [0.25, 0.3) is 5.91 Å². The highest BCUT2D eigenvalue weighted by Crippen LogP contribution is 2.26. The van der Waals surface area contributed by atoms with Crippen LogP contribution in [0.15, 0.2) is 83.8 Å². The minimum atomic E-state index is -3.67. The number of hydrogen-bond donors (Lipinski definition) is 1. The highest BCUT2D eigenvalue weighted by molar-refractivity contribution is 7.89. The van der Waals surface area contributed by atoms with E-state index in [-0.39, 0.29) is 30.1 Å². The molecule has 0 bridgehead atoms. The van der Waals surface area contributed by atoms with Crippen LogP contribution in [0.25, 0.3) is 0 Å². The first kappa shape index (κ1) is 34.4. The molecule has 3 aromatic rings. The van der Waals surface area contributed by atoms with E-state index in [1.165, 1.54) is 33.5 Å². The number of sulfonamides is 1. The number of morpholine rings is 1. The molecule has 1 fully saturated rings. The minimum absolute atomic E-state index is 0.0932. The number of rotatable bonds is 15. The van der Waals surface area contributed by atoms with Crippen LogP contribution in [-0.4, -0.2) is 81.6 Å². The quantitative estimate of drug-likeness (QED) is 0.240. The van der Waals surface area contributed by atoms with E-state index in [1.807, 2.05) is 44.2 Å². The lowest BCUT2D eigenvalue weighted by Gasteiger charge is -2.31. The molecule has 1 saturated heterocycles. The predicted molar refractivity (Wildman–Crippen MR) is 171 cm³/mol. The number of ether oxygens (including phenoxy) is 3. The van der Waals surface area contributed by atoms with Gasteiger partial charge in [-0.3, -0.25) is 9.59 Å². The van der Waals surface area contributed by atoms with Crippen molar-refractivity contribution >= 4 is 33.4 Å². The summed E-state index contributed by atoms with van der Waals surface area (Å²) < 4.78 is 44.0. The van der Waals surface area contributed by atoms with Crippen LogP contribution in [0.2, 0.25) is 5.02 Å². The molecule has 1 aliphatic rings. The van der Waals surface area contributed by atoms with Gasteiger partial charge in [-0.05, 0) is 67.8 Å². The summed E-state index contributed by atoms with van der Waals surface area (Å²) in [4.78, 5) is 29.2. The third-order valence-corrected chi connectivity index (χ3v) is 9.29. The van der Waals surface area contributed by atoms with Gasteiger partial charge in [0, 0.05) is 37.8 Å². The second-order valence-electron chi connectivity index (χ2n) is 10.8. The number of carbonyl (C=O) groups excluding carboxylic acids is 2. The van der Waals surface area contributed by atoms with Gasteiger partial charge in [0.1, 0.15) is 11.8 Å². The Labute approximate surface area is 270 Å². The molecule has 0 saturated carbocycles. The summed E-state index contributed by atoms with van der Waals surface area (Å²) in [7, 11) is -3.67. The Bertz CT molecular complexity index is 1480. The van der Waals surface area contributed by atoms with Gasteiger partial charge in [-0.2, -0.15) is 4.31 Å². The zero-order valence-corrected chi connectivity index (χ0v) is 27.1. The van der Waals surface area contributed by atoms with E-state index in [2.05, 4.69) is 5.32 Å². The SMILES string of the molecule is CC(C)OCCCNC(=O)[C@@H](c1ccccc1)N(Cc1ccc(Cl)cc1)C(=O)COc1ccc(S(=O)(=O)N2CCOCC2)cc1. The van der Waals surface area contributed by atoms with Crippen LogP contribution < -0.4 is 10.1 Å². The zero-order valence-electron chi connectivity index (χ0n) is 25.6. The Morgan fingerprint density at radius 2 is 1.64 bits per heavy atom. The Hall–Kier alpha value is -3.48. The standard InChI is InChI=1S/C33H40ClN3O7S/c1-25(2)43-20-6-17-35-33(39)32(27-7-4-3-5-8-27)37(23-26-9-11-28(34)12-10-26)31(38)24-44-29-13-15-30(16-14-29)45(40,41)36-18-21-42-22-19-36/h3-5,7-16,25,32H,6,17-24H2,1-2H3,(H,35,39)/t32-/m1/s1. The highest BCUT2D eigenvalue weighted by Gasteiger charge is 2.32. The van der Waals surface area contributed by atoms with Crippen molar-refractivity contribution in [1.29, 1.82) is 0 Å². The van der Waals surface area contributed by atoms with Gasteiger partial charge in [-0.15, -0.1) is 0 Å². The largest absolute Gasteiger partial charge is 0.484 e. The molecule has 0 aromatic heterocycles. The van der Waals surface area contributed by atoms with E-state index < -0.39 is 22.0 Å². The second kappa shape index (κ2) is 16.7. The molecular formula is C33H40ClN3O7S. The van der Waals surface area contributed by atoms with Gasteiger partial charge in [0.2, 0.25) is 15.9 Å². The van der Waals surface area contributed by atoms with E-state index >= 15 is 0 Å². The summed E-state index contributed by atoms with van der Waals surface area (Å²) in [6.07, 6.45) is 0.715.